The van der Waals surface area contributed by atoms with Crippen LogP contribution in [0.3, 0.4) is 0 Å². The minimum Gasteiger partial charge on any atom is -0.374 e. The first kappa shape index (κ1) is 24.1. The summed E-state index contributed by atoms with van der Waals surface area (Å²) in [6, 6.07) is 0.972. The lowest BCUT2D eigenvalue weighted by Gasteiger charge is -2.28. The van der Waals surface area contributed by atoms with Crippen molar-refractivity contribution in [2.45, 2.75) is 111 Å². The van der Waals surface area contributed by atoms with Gasteiger partial charge in [-0.1, -0.05) is 77.6 Å². The summed E-state index contributed by atoms with van der Waals surface area (Å²) in [5, 5.41) is 0. The Bertz CT molecular complexity index is 232. The maximum atomic E-state index is 5.90. The summed E-state index contributed by atoms with van der Waals surface area (Å²) in [6.45, 7) is 10.4. The fourth-order valence-electron chi connectivity index (χ4n) is 3.18. The van der Waals surface area contributed by atoms with Gasteiger partial charge in [0.05, 0.1) is 0 Å². The highest BCUT2D eigenvalue weighted by molar-refractivity contribution is 6.60. The van der Waals surface area contributed by atoms with E-state index in [0.717, 1.165) is 6.04 Å². The molecule has 0 aromatic rings. The summed E-state index contributed by atoms with van der Waals surface area (Å²) in [5.74, 6) is 0. The van der Waals surface area contributed by atoms with Gasteiger partial charge in [-0.2, -0.15) is 0 Å². The number of hydrogen-bond donors (Lipinski definition) is 0. The highest BCUT2D eigenvalue weighted by atomic mass is 28.4. The lowest BCUT2D eigenvalue weighted by Crippen LogP contribution is -2.45. The van der Waals surface area contributed by atoms with E-state index in [1.807, 2.05) is 20.8 Å². The fraction of sp³-hybridized carbons (Fsp3) is 1.00. The Morgan fingerprint density at radius 2 is 0.792 bits per heavy atom. The largest absolute Gasteiger partial charge is 0.500 e. The van der Waals surface area contributed by atoms with Gasteiger partial charge in [-0.05, 0) is 27.2 Å². The van der Waals surface area contributed by atoms with Gasteiger partial charge in [-0.15, -0.1) is 0 Å². The Labute approximate surface area is 153 Å². The summed E-state index contributed by atoms with van der Waals surface area (Å²) >= 11 is 0. The third kappa shape index (κ3) is 13.4. The first-order valence-corrected chi connectivity index (χ1v) is 12.6. The smallest absolute Gasteiger partial charge is 0.374 e. The molecule has 3 nitrogen and oxygen atoms in total. The molecule has 0 rings (SSSR count). The van der Waals surface area contributed by atoms with E-state index in [4.69, 9.17) is 13.3 Å². The molecule has 0 saturated heterocycles. The Morgan fingerprint density at radius 1 is 0.458 bits per heavy atom. The Hall–Kier alpha value is 0.0969. The normalized spacial score (nSPS) is 12.0. The second-order valence-electron chi connectivity index (χ2n) is 6.62. The SMILES string of the molecule is CCCCCCCCCCCCCC[Si](OCC)(OCC)OCC. The van der Waals surface area contributed by atoms with Crippen LogP contribution in [-0.4, -0.2) is 28.6 Å². The third-order valence-corrected chi connectivity index (χ3v) is 7.58. The van der Waals surface area contributed by atoms with Crippen LogP contribution < -0.4 is 0 Å². The lowest BCUT2D eigenvalue weighted by molar-refractivity contribution is 0.0706. The first-order valence-electron chi connectivity index (χ1n) is 10.7. The van der Waals surface area contributed by atoms with E-state index < -0.39 is 8.80 Å². The Balaban J connectivity index is 3.60. The van der Waals surface area contributed by atoms with Crippen molar-refractivity contribution in [2.24, 2.45) is 0 Å². The molecular formula is C20H44O3Si. The average Bonchev–Trinajstić information content (AvgIpc) is 2.56. The molecule has 4 heteroatoms. The number of hydrogen-bond acceptors (Lipinski definition) is 3. The van der Waals surface area contributed by atoms with Crippen molar-refractivity contribution in [3.05, 3.63) is 0 Å². The topological polar surface area (TPSA) is 27.7 Å². The molecule has 0 unspecified atom stereocenters. The molecule has 0 amide bonds. The fourth-order valence-corrected chi connectivity index (χ4v) is 5.87. The van der Waals surface area contributed by atoms with Gasteiger partial charge in [0.15, 0.2) is 0 Å². The van der Waals surface area contributed by atoms with E-state index >= 15 is 0 Å². The zero-order chi connectivity index (χ0) is 17.9. The van der Waals surface area contributed by atoms with Crippen molar-refractivity contribution < 1.29 is 13.3 Å². The maximum absolute atomic E-state index is 5.90. The van der Waals surface area contributed by atoms with Crippen molar-refractivity contribution >= 4 is 8.80 Å². The first-order chi connectivity index (χ1) is 11.7. The van der Waals surface area contributed by atoms with Crippen LogP contribution in [-0.2, 0) is 13.3 Å². The zero-order valence-electron chi connectivity index (χ0n) is 17.0. The molecule has 24 heavy (non-hydrogen) atoms. The van der Waals surface area contributed by atoms with Crippen LogP contribution in [0.1, 0.15) is 105 Å². The molecule has 0 aromatic heterocycles. The monoisotopic (exact) mass is 360 g/mol. The van der Waals surface area contributed by atoms with Gasteiger partial charge in [0.2, 0.25) is 0 Å². The van der Waals surface area contributed by atoms with E-state index in [1.54, 1.807) is 0 Å². The highest BCUT2D eigenvalue weighted by Gasteiger charge is 2.39. The molecule has 0 saturated carbocycles. The molecule has 0 radical (unpaired) electrons. The quantitative estimate of drug-likeness (QED) is 0.189. The minimum atomic E-state index is -2.39. The molecular weight excluding hydrogens is 316 g/mol. The molecule has 0 bridgehead atoms. The summed E-state index contributed by atoms with van der Waals surface area (Å²) in [4.78, 5) is 0. The van der Waals surface area contributed by atoms with Gasteiger partial charge < -0.3 is 13.3 Å². The molecule has 0 aliphatic rings. The van der Waals surface area contributed by atoms with Crippen LogP contribution >= 0.6 is 0 Å². The van der Waals surface area contributed by atoms with Crippen molar-refractivity contribution in [2.75, 3.05) is 19.8 Å². The average molecular weight is 361 g/mol. The summed E-state index contributed by atoms with van der Waals surface area (Å²) in [6.07, 6.45) is 16.5. The van der Waals surface area contributed by atoms with Gasteiger partial charge in [0.1, 0.15) is 0 Å². The number of rotatable bonds is 19. The van der Waals surface area contributed by atoms with Crippen LogP contribution in [0.5, 0.6) is 0 Å². The van der Waals surface area contributed by atoms with Crippen LogP contribution in [0, 0.1) is 0 Å². The van der Waals surface area contributed by atoms with Gasteiger partial charge in [0, 0.05) is 25.9 Å². The second-order valence-corrected chi connectivity index (χ2v) is 9.35. The molecule has 0 atom stereocenters. The zero-order valence-corrected chi connectivity index (χ0v) is 18.0. The van der Waals surface area contributed by atoms with E-state index in [0.29, 0.717) is 19.8 Å². The second kappa shape index (κ2) is 17.9. The molecule has 0 fully saturated rings. The van der Waals surface area contributed by atoms with Gasteiger partial charge in [0.25, 0.3) is 0 Å². The highest BCUT2D eigenvalue weighted by Crippen LogP contribution is 2.21. The van der Waals surface area contributed by atoms with Crippen LogP contribution in [0.15, 0.2) is 0 Å². The molecule has 0 N–H and O–H groups in total. The van der Waals surface area contributed by atoms with Crippen LogP contribution in [0.25, 0.3) is 0 Å². The molecule has 0 spiro atoms. The predicted octanol–water partition coefficient (Wildman–Crippen LogP) is 6.74. The van der Waals surface area contributed by atoms with E-state index in [-0.39, 0.29) is 0 Å². The van der Waals surface area contributed by atoms with Crippen molar-refractivity contribution in [3.63, 3.8) is 0 Å². The van der Waals surface area contributed by atoms with Crippen molar-refractivity contribution in [1.82, 2.24) is 0 Å². The molecule has 0 heterocycles. The summed E-state index contributed by atoms with van der Waals surface area (Å²) in [7, 11) is -2.39. The summed E-state index contributed by atoms with van der Waals surface area (Å²) < 4.78 is 17.7. The number of unbranched alkanes of at least 4 members (excludes halogenated alkanes) is 11. The van der Waals surface area contributed by atoms with Crippen LogP contribution in [0.2, 0.25) is 6.04 Å². The van der Waals surface area contributed by atoms with E-state index in [1.165, 1.54) is 77.0 Å². The Kier molecular flexibility index (Phi) is 18.0. The Morgan fingerprint density at radius 3 is 1.12 bits per heavy atom. The molecule has 0 aliphatic heterocycles. The summed E-state index contributed by atoms with van der Waals surface area (Å²) in [5.41, 5.74) is 0. The predicted molar refractivity (Wildman–Crippen MR) is 107 cm³/mol. The standard InChI is InChI=1S/C20H44O3Si/c1-5-9-10-11-12-13-14-15-16-17-18-19-20-24(21-6-2,22-7-3)23-8-4/h5-20H2,1-4H3. The third-order valence-electron chi connectivity index (χ3n) is 4.43. The van der Waals surface area contributed by atoms with E-state index in [2.05, 4.69) is 6.92 Å². The van der Waals surface area contributed by atoms with Crippen LogP contribution in [0.4, 0.5) is 0 Å². The van der Waals surface area contributed by atoms with Gasteiger partial charge in [-0.3, -0.25) is 0 Å². The maximum Gasteiger partial charge on any atom is 0.500 e. The molecule has 0 aliphatic carbocycles. The molecule has 0 aromatic carbocycles. The van der Waals surface area contributed by atoms with Crippen molar-refractivity contribution in [3.8, 4) is 0 Å². The molecule has 146 valence electrons. The minimum absolute atomic E-state index is 0.685. The van der Waals surface area contributed by atoms with Crippen molar-refractivity contribution in [1.29, 1.82) is 0 Å². The lowest BCUT2D eigenvalue weighted by atomic mass is 10.1. The van der Waals surface area contributed by atoms with Gasteiger partial charge >= 0.3 is 8.80 Å². The van der Waals surface area contributed by atoms with Gasteiger partial charge in [-0.25, -0.2) is 0 Å². The van der Waals surface area contributed by atoms with E-state index in [9.17, 15) is 0 Å².